The minimum Gasteiger partial charge on any atom is -0.303 e. The average Bonchev–Trinajstić information content (AvgIpc) is 2.57. The van der Waals surface area contributed by atoms with Crippen LogP contribution in [-0.2, 0) is 0 Å². The number of rotatable bonds is 18. The molecule has 10 rings (SSSR count). The Morgan fingerprint density at radius 2 is 0.585 bits per heavy atom. The first-order valence-corrected chi connectivity index (χ1v) is 36.1. The third kappa shape index (κ3) is 20.6. The van der Waals surface area contributed by atoms with Crippen LogP contribution in [0.5, 0.6) is 0 Å². The van der Waals surface area contributed by atoms with Crippen molar-refractivity contribution in [3.8, 4) is 0 Å². The lowest BCUT2D eigenvalue weighted by molar-refractivity contribution is 0.0290. The van der Waals surface area contributed by atoms with E-state index in [1.54, 1.807) is 0 Å². The molecule has 0 aromatic heterocycles. The molecule has 10 atom stereocenters. The fourth-order valence-corrected chi connectivity index (χ4v) is 17.1. The Hall–Kier alpha value is -0.360. The van der Waals surface area contributed by atoms with Crippen molar-refractivity contribution in [1.82, 2.24) is 44.1 Å². The molecule has 0 bridgehead atoms. The van der Waals surface area contributed by atoms with Gasteiger partial charge in [0.1, 0.15) is 0 Å². The fourth-order valence-electron chi connectivity index (χ4n) is 17.1. The van der Waals surface area contributed by atoms with Crippen molar-refractivity contribution in [3.05, 3.63) is 0 Å². The highest BCUT2D eigenvalue weighted by Gasteiger charge is 2.58. The summed E-state index contributed by atoms with van der Waals surface area (Å²) in [6.45, 7) is 81.3. The Morgan fingerprint density at radius 3 is 1.00 bits per heavy atom. The highest BCUT2D eigenvalue weighted by Crippen LogP contribution is 2.56. The van der Waals surface area contributed by atoms with Crippen LogP contribution in [0.1, 0.15) is 204 Å². The van der Waals surface area contributed by atoms with E-state index in [4.69, 9.17) is 0 Å². The molecule has 10 aliphatic rings. The molecule has 0 radical (unpaired) electrons. The van der Waals surface area contributed by atoms with Crippen LogP contribution in [0.25, 0.3) is 0 Å². The lowest BCUT2D eigenvalue weighted by atomic mass is 9.71. The molecule has 9 aliphatic heterocycles. The molecular weight excluding hydrogens is 1000 g/mol. The summed E-state index contributed by atoms with van der Waals surface area (Å²) in [4.78, 5) is 24.2. The predicted octanol–water partition coefficient (Wildman–Crippen LogP) is 13.8. The first-order valence-electron chi connectivity index (χ1n) is 36.1. The second-order valence-corrected chi connectivity index (χ2v) is 34.1. The molecule has 1 saturated carbocycles. The Kier molecular flexibility index (Phi) is 27.9. The van der Waals surface area contributed by atoms with Crippen LogP contribution in [0.2, 0.25) is 0 Å². The second kappa shape index (κ2) is 32.4. The molecule has 0 aromatic carbocycles. The van der Waals surface area contributed by atoms with Crippen molar-refractivity contribution in [1.29, 1.82) is 0 Å². The molecule has 0 aromatic rings. The van der Waals surface area contributed by atoms with Gasteiger partial charge in [0.25, 0.3) is 0 Å². The zero-order chi connectivity index (χ0) is 60.4. The van der Waals surface area contributed by atoms with Crippen molar-refractivity contribution in [2.75, 3.05) is 144 Å². The zero-order valence-corrected chi connectivity index (χ0v) is 59.2. The smallest absolute Gasteiger partial charge is 0.00567 e. The van der Waals surface area contributed by atoms with Crippen molar-refractivity contribution < 1.29 is 0 Å². The second-order valence-electron chi connectivity index (χ2n) is 34.1. The van der Waals surface area contributed by atoms with Crippen molar-refractivity contribution in [2.24, 2.45) is 93.7 Å². The molecule has 9 nitrogen and oxygen atoms in total. The first kappa shape index (κ1) is 70.7. The summed E-state index contributed by atoms with van der Waals surface area (Å²) in [5.41, 5.74) is 1.02. The third-order valence-corrected chi connectivity index (χ3v) is 23.6. The topological polar surface area (TPSA) is 29.2 Å². The number of nitrogens with zero attached hydrogens (tertiary/aromatic N) is 9. The average molecular weight is 1150 g/mol. The van der Waals surface area contributed by atoms with E-state index in [0.717, 1.165) is 107 Å². The molecule has 9 saturated heterocycles. The van der Waals surface area contributed by atoms with E-state index in [1.165, 1.54) is 195 Å². The van der Waals surface area contributed by atoms with Gasteiger partial charge >= 0.3 is 0 Å². The summed E-state index contributed by atoms with van der Waals surface area (Å²) in [5.74, 6) is 13.4. The molecule has 82 heavy (non-hydrogen) atoms. The maximum Gasteiger partial charge on any atom is 0.00567 e. The van der Waals surface area contributed by atoms with Gasteiger partial charge in [0.2, 0.25) is 0 Å². The van der Waals surface area contributed by atoms with Crippen molar-refractivity contribution in [3.63, 3.8) is 0 Å². The van der Waals surface area contributed by atoms with Gasteiger partial charge in [-0.2, -0.15) is 0 Å². The minimum absolute atomic E-state index is 0.508. The molecule has 9 heterocycles. The van der Waals surface area contributed by atoms with Crippen molar-refractivity contribution >= 4 is 0 Å². The largest absolute Gasteiger partial charge is 0.303 e. The Morgan fingerprint density at radius 1 is 0.293 bits per heavy atom. The molecule has 0 N–H and O–H groups in total. The number of hydrogen-bond donors (Lipinski definition) is 0. The van der Waals surface area contributed by atoms with Crippen LogP contribution in [0.4, 0.5) is 0 Å². The van der Waals surface area contributed by atoms with Crippen molar-refractivity contribution in [2.45, 2.75) is 234 Å². The van der Waals surface area contributed by atoms with E-state index in [1.807, 2.05) is 0 Å². The lowest BCUT2D eigenvalue weighted by Crippen LogP contribution is -2.51. The summed E-state index contributed by atoms with van der Waals surface area (Å²) < 4.78 is 0. The molecule has 0 amide bonds. The molecule has 8 unspecified atom stereocenters. The maximum absolute atomic E-state index is 2.73. The standard InChI is InChI=1S/2C16H32N2.2C15H30N2.C11H21N/c1-13(2)7-8-17-9-15(5)11-18(14(3)4)12-16(15,6)10-17;1-13(2)5-8-17-9-6-16-12-18(14(3)4)10-7-15(16)11-17;1-12(2)5-7-16-8-6-14-10-17(13(3)4)11-15(14)9-16;1-12(2)5-7-16-9-14-6-8-17(13(3)4)11-15(14)10-16;1-7(2)11-9-5-12(8(3)4)6-10(9)11/h13-14H,7-12H2,1-6H3;13-16H,5-12H2,1-4H3;2*12-15H,5-11H2,1-4H3;7-11H,5-6H2,1-4H3/t15-,16+;;;;. The summed E-state index contributed by atoms with van der Waals surface area (Å²) >= 11 is 0. The van der Waals surface area contributed by atoms with E-state index < -0.39 is 0 Å². The summed E-state index contributed by atoms with van der Waals surface area (Å²) in [7, 11) is 0. The number of piperidine rings is 5. The molecule has 0 spiro atoms. The summed E-state index contributed by atoms with van der Waals surface area (Å²) in [6.07, 6.45) is 11.2. The van der Waals surface area contributed by atoms with Gasteiger partial charge < -0.3 is 39.2 Å². The van der Waals surface area contributed by atoms with E-state index in [-0.39, 0.29) is 0 Å². The van der Waals surface area contributed by atoms with Crippen LogP contribution in [0.3, 0.4) is 0 Å². The van der Waals surface area contributed by atoms with Gasteiger partial charge in [-0.25, -0.2) is 0 Å². The molecular formula is C73H145N9. The number of likely N-dealkylation sites (tertiary alicyclic amines) is 9. The molecule has 482 valence electrons. The number of hydrogen-bond acceptors (Lipinski definition) is 9. The quantitative estimate of drug-likeness (QED) is 0.133. The van der Waals surface area contributed by atoms with Gasteiger partial charge in [-0.1, -0.05) is 83.1 Å². The summed E-state index contributed by atoms with van der Waals surface area (Å²) in [5, 5.41) is 0. The van der Waals surface area contributed by atoms with Gasteiger partial charge in [-0.3, -0.25) is 4.90 Å². The zero-order valence-electron chi connectivity index (χ0n) is 59.2. The van der Waals surface area contributed by atoms with Crippen LogP contribution in [0.15, 0.2) is 0 Å². The Balaban J connectivity index is 0.000000166. The molecule has 10 fully saturated rings. The van der Waals surface area contributed by atoms with Crippen LogP contribution >= 0.6 is 0 Å². The fraction of sp³-hybridized carbons (Fsp3) is 1.00. The monoisotopic (exact) mass is 1150 g/mol. The van der Waals surface area contributed by atoms with E-state index in [0.29, 0.717) is 16.9 Å². The Labute approximate surface area is 513 Å². The van der Waals surface area contributed by atoms with Crippen LogP contribution in [0, 0.1) is 93.7 Å². The third-order valence-electron chi connectivity index (χ3n) is 23.6. The van der Waals surface area contributed by atoms with E-state index in [2.05, 4.69) is 196 Å². The van der Waals surface area contributed by atoms with E-state index >= 15 is 0 Å². The van der Waals surface area contributed by atoms with Crippen LogP contribution < -0.4 is 0 Å². The highest BCUT2D eigenvalue weighted by molar-refractivity contribution is 5.10. The van der Waals surface area contributed by atoms with Gasteiger partial charge in [-0.15, -0.1) is 0 Å². The Bertz CT molecular complexity index is 1730. The van der Waals surface area contributed by atoms with Gasteiger partial charge in [0.05, 0.1) is 0 Å². The molecule has 9 heteroatoms. The first-order chi connectivity index (χ1) is 38.5. The van der Waals surface area contributed by atoms with Crippen LogP contribution in [-0.4, -0.2) is 218 Å². The minimum atomic E-state index is 0.508. The number of fused-ring (bicyclic) bond motifs is 5. The highest BCUT2D eigenvalue weighted by atomic mass is 15.3. The normalized spacial score (nSPS) is 34.2. The van der Waals surface area contributed by atoms with Gasteiger partial charge in [0.15, 0.2) is 0 Å². The van der Waals surface area contributed by atoms with Gasteiger partial charge in [-0.05, 0) is 256 Å². The van der Waals surface area contributed by atoms with Gasteiger partial charge in [0, 0.05) is 133 Å². The maximum atomic E-state index is 2.73. The predicted molar refractivity (Wildman–Crippen MR) is 358 cm³/mol. The van der Waals surface area contributed by atoms with E-state index in [9.17, 15) is 0 Å². The SMILES string of the molecule is CC(C)C1C2CN(C(C)C)CC21.CC(C)CCN1CC2CCN(C(C)C)CC2C1.CC(C)CCN1CCC2CN(C(C)C)CC2C1.CC(C)CCN1CCC2CN(C(C)C)CCC2C1.CC(C)CCN1C[C@@]2(C)CN(C(C)C)C[C@@]2(C)C1. The molecule has 1 aliphatic carbocycles. The lowest BCUT2D eigenvalue weighted by Gasteiger charge is -2.46. The summed E-state index contributed by atoms with van der Waals surface area (Å²) in [6, 6.07) is 3.69.